The molecule has 2 aromatic heterocycles. The normalized spacial score (nSPS) is 30.3. The molecule has 0 amide bonds. The fourth-order valence-corrected chi connectivity index (χ4v) is 2.61. The average Bonchev–Trinajstić information content (AvgIpc) is 3.01. The van der Waals surface area contributed by atoms with Gasteiger partial charge >= 0.3 is 0 Å². The summed E-state index contributed by atoms with van der Waals surface area (Å²) < 4.78 is 21.8. The number of halogens is 1. The molecule has 1 saturated heterocycles. The Morgan fingerprint density at radius 1 is 1.65 bits per heavy atom. The van der Waals surface area contributed by atoms with Gasteiger partial charge < -0.3 is 20.7 Å². The van der Waals surface area contributed by atoms with Crippen molar-refractivity contribution in [2.75, 3.05) is 12.3 Å². The molecule has 1 aliphatic rings. The number of alkyl halides is 1. The van der Waals surface area contributed by atoms with Crippen LogP contribution in [-0.4, -0.2) is 54.2 Å². The van der Waals surface area contributed by atoms with Gasteiger partial charge in [0.05, 0.1) is 12.9 Å². The number of hydrogen-bond acceptors (Lipinski definition) is 7. The van der Waals surface area contributed by atoms with E-state index in [2.05, 4.69) is 26.8 Å². The van der Waals surface area contributed by atoms with Gasteiger partial charge in [-0.15, -0.1) is 5.92 Å². The number of rotatable bonds is 2. The van der Waals surface area contributed by atoms with Crippen molar-refractivity contribution in [1.29, 1.82) is 0 Å². The van der Waals surface area contributed by atoms with E-state index in [0.717, 1.165) is 10.9 Å². The summed E-state index contributed by atoms with van der Waals surface area (Å²) in [5.41, 5.74) is 2.33. The molecule has 3 rings (SSSR count). The van der Waals surface area contributed by atoms with Crippen molar-refractivity contribution in [2.45, 2.75) is 31.0 Å². The molecule has 122 valence electrons. The third-order valence-electron chi connectivity index (χ3n) is 3.65. The largest absolute Gasteiger partial charge is 0.394 e. The molecule has 9 nitrogen and oxygen atoms in total. The first-order valence-corrected chi connectivity index (χ1v) is 6.72. The molecule has 3 heterocycles. The Morgan fingerprint density at radius 2 is 2.39 bits per heavy atom. The minimum atomic E-state index is -2.51. The maximum absolute atomic E-state index is 15.2. The Labute approximate surface area is 128 Å². The number of hydrogen-bond donors (Lipinski definition) is 4. The van der Waals surface area contributed by atoms with E-state index >= 15 is 4.39 Å². The predicted molar refractivity (Wildman–Crippen MR) is 76.9 cm³/mol. The van der Waals surface area contributed by atoms with Crippen LogP contribution in [0.3, 0.4) is 0 Å². The summed E-state index contributed by atoms with van der Waals surface area (Å²) in [6.07, 6.45) is -3.15. The van der Waals surface area contributed by atoms with Crippen LogP contribution < -0.4 is 11.3 Å². The quantitative estimate of drug-likeness (QED) is 0.503. The first-order chi connectivity index (χ1) is 10.9. The van der Waals surface area contributed by atoms with Gasteiger partial charge in [-0.2, -0.15) is 4.98 Å². The topological polar surface area (TPSA) is 139 Å². The number of imidazole rings is 1. The van der Waals surface area contributed by atoms with Crippen molar-refractivity contribution in [3.63, 3.8) is 0 Å². The number of anilines is 1. The summed E-state index contributed by atoms with van der Waals surface area (Å²) in [5, 5.41) is 19.3. The molecule has 10 heteroatoms. The summed E-state index contributed by atoms with van der Waals surface area (Å²) >= 11 is 0. The second-order valence-electron chi connectivity index (χ2n) is 5.07. The molecule has 1 fully saturated rings. The van der Waals surface area contributed by atoms with Crippen LogP contribution in [-0.2, 0) is 4.74 Å². The van der Waals surface area contributed by atoms with Gasteiger partial charge in [0, 0.05) is 0 Å². The van der Waals surface area contributed by atoms with Crippen LogP contribution in [0.15, 0.2) is 11.1 Å². The SMILES string of the molecule is CC#C[C@@]1(F)C(O)[C@@H](CO)O[C@H]1n1cnc2c(=O)[nH]c(N)nc21. The second-order valence-corrected chi connectivity index (χ2v) is 5.07. The van der Waals surface area contributed by atoms with E-state index in [-0.39, 0.29) is 17.1 Å². The molecule has 1 aliphatic heterocycles. The van der Waals surface area contributed by atoms with Crippen molar-refractivity contribution in [2.24, 2.45) is 0 Å². The van der Waals surface area contributed by atoms with Gasteiger partial charge in [0.15, 0.2) is 17.4 Å². The van der Waals surface area contributed by atoms with Crippen LogP contribution in [0.5, 0.6) is 0 Å². The lowest BCUT2D eigenvalue weighted by Gasteiger charge is -2.23. The number of nitrogens with zero attached hydrogens (tertiary/aromatic N) is 3. The maximum atomic E-state index is 15.2. The number of nitrogens with one attached hydrogen (secondary N) is 1. The van der Waals surface area contributed by atoms with Gasteiger partial charge in [-0.1, -0.05) is 5.92 Å². The zero-order valence-electron chi connectivity index (χ0n) is 12.0. The van der Waals surface area contributed by atoms with Gasteiger partial charge in [-0.3, -0.25) is 14.3 Å². The second kappa shape index (κ2) is 5.31. The van der Waals surface area contributed by atoms with Crippen molar-refractivity contribution in [3.8, 4) is 11.8 Å². The molecule has 2 aromatic rings. The van der Waals surface area contributed by atoms with Gasteiger partial charge in [0.25, 0.3) is 5.56 Å². The zero-order chi connectivity index (χ0) is 16.8. The molecule has 0 aliphatic carbocycles. The highest BCUT2D eigenvalue weighted by atomic mass is 19.1. The lowest BCUT2D eigenvalue weighted by molar-refractivity contribution is -0.0504. The first-order valence-electron chi connectivity index (χ1n) is 6.72. The lowest BCUT2D eigenvalue weighted by atomic mass is 9.96. The van der Waals surface area contributed by atoms with Gasteiger partial charge in [0.2, 0.25) is 11.6 Å². The smallest absolute Gasteiger partial charge is 0.280 e. The Kier molecular flexibility index (Phi) is 3.56. The molecule has 0 spiro atoms. The van der Waals surface area contributed by atoms with Gasteiger partial charge in [0.1, 0.15) is 12.2 Å². The molecule has 0 saturated carbocycles. The first kappa shape index (κ1) is 15.4. The average molecular weight is 323 g/mol. The van der Waals surface area contributed by atoms with Crippen LogP contribution >= 0.6 is 0 Å². The molecule has 0 bridgehead atoms. The number of nitrogens with two attached hydrogens (primary N) is 1. The number of aliphatic hydroxyl groups excluding tert-OH is 2. The number of nitrogen functional groups attached to an aromatic ring is 1. The minimum Gasteiger partial charge on any atom is -0.394 e. The number of fused-ring (bicyclic) bond motifs is 1. The fraction of sp³-hybridized carbons (Fsp3) is 0.462. The monoisotopic (exact) mass is 323 g/mol. The van der Waals surface area contributed by atoms with Crippen LogP contribution in [0.1, 0.15) is 13.2 Å². The van der Waals surface area contributed by atoms with Crippen LogP contribution in [0.2, 0.25) is 0 Å². The maximum Gasteiger partial charge on any atom is 0.280 e. The third kappa shape index (κ3) is 2.17. The van der Waals surface area contributed by atoms with Crippen LogP contribution in [0, 0.1) is 11.8 Å². The summed E-state index contributed by atoms with van der Waals surface area (Å²) in [6, 6.07) is 0. The van der Waals surface area contributed by atoms with E-state index in [1.807, 2.05) is 0 Å². The summed E-state index contributed by atoms with van der Waals surface area (Å²) in [7, 11) is 0. The van der Waals surface area contributed by atoms with E-state index in [9.17, 15) is 15.0 Å². The van der Waals surface area contributed by atoms with Gasteiger partial charge in [-0.05, 0) is 6.92 Å². The molecular weight excluding hydrogens is 309 g/mol. The highest BCUT2D eigenvalue weighted by Gasteiger charge is 2.57. The number of aromatic nitrogens is 4. The Hall–Kier alpha value is -2.48. The van der Waals surface area contributed by atoms with Crippen molar-refractivity contribution >= 4 is 17.1 Å². The highest BCUT2D eigenvalue weighted by molar-refractivity contribution is 5.70. The Balaban J connectivity index is 2.20. The van der Waals surface area contributed by atoms with Crippen molar-refractivity contribution < 1.29 is 19.3 Å². The molecule has 1 unspecified atom stereocenters. The molecular formula is C13H14FN5O4. The van der Waals surface area contributed by atoms with Crippen molar-refractivity contribution in [1.82, 2.24) is 19.5 Å². The molecule has 5 N–H and O–H groups in total. The van der Waals surface area contributed by atoms with Crippen LogP contribution in [0.25, 0.3) is 11.2 Å². The van der Waals surface area contributed by atoms with E-state index in [1.165, 1.54) is 6.92 Å². The Morgan fingerprint density at radius 3 is 3.04 bits per heavy atom. The van der Waals surface area contributed by atoms with E-state index in [1.54, 1.807) is 0 Å². The number of ether oxygens (including phenoxy) is 1. The number of aromatic amines is 1. The van der Waals surface area contributed by atoms with Crippen molar-refractivity contribution in [3.05, 3.63) is 16.7 Å². The fourth-order valence-electron chi connectivity index (χ4n) is 2.61. The number of H-pyrrole nitrogens is 1. The Bertz CT molecular complexity index is 869. The molecule has 23 heavy (non-hydrogen) atoms. The predicted octanol–water partition coefficient (Wildman–Crippen LogP) is -1.32. The molecule has 0 radical (unpaired) electrons. The van der Waals surface area contributed by atoms with E-state index in [0.29, 0.717) is 0 Å². The summed E-state index contributed by atoms with van der Waals surface area (Å²) in [6.45, 7) is 0.807. The van der Waals surface area contributed by atoms with Crippen LogP contribution in [0.4, 0.5) is 10.3 Å². The summed E-state index contributed by atoms with van der Waals surface area (Å²) in [4.78, 5) is 21.9. The van der Waals surface area contributed by atoms with Gasteiger partial charge in [-0.25, -0.2) is 9.37 Å². The summed E-state index contributed by atoms with van der Waals surface area (Å²) in [5.74, 6) is 4.49. The zero-order valence-corrected chi connectivity index (χ0v) is 12.0. The molecule has 4 atom stereocenters. The van der Waals surface area contributed by atoms with E-state index in [4.69, 9.17) is 10.5 Å². The minimum absolute atomic E-state index is 0.0121. The third-order valence-corrected chi connectivity index (χ3v) is 3.65. The lowest BCUT2D eigenvalue weighted by Crippen LogP contribution is -2.42. The van der Waals surface area contributed by atoms with E-state index < -0.39 is 36.3 Å². The number of aliphatic hydroxyl groups is 2. The highest BCUT2D eigenvalue weighted by Crippen LogP contribution is 2.42. The standard InChI is InChI=1S/C13H14FN5O4/c1-2-3-13(14)8(21)6(4-20)23-11(13)19-5-16-7-9(19)17-12(15)18-10(7)22/h5-6,8,11,20-21H,4H2,1H3,(H3,15,17,18,22)/t6-,8?,11-,13-/m1/s1. The molecule has 0 aromatic carbocycles.